The molecule has 0 spiro atoms. The molecule has 0 aliphatic heterocycles. The van der Waals surface area contributed by atoms with E-state index in [1.165, 1.54) is 55.0 Å². The second-order valence-electron chi connectivity index (χ2n) is 8.62. The molecule has 0 saturated carbocycles. The molecule has 2 nitrogen and oxygen atoms in total. The van der Waals surface area contributed by atoms with Crippen molar-refractivity contribution in [3.63, 3.8) is 0 Å². The summed E-state index contributed by atoms with van der Waals surface area (Å²) in [7, 11) is 2.16. The van der Waals surface area contributed by atoms with Crippen molar-refractivity contribution in [2.45, 2.75) is 20.8 Å². The van der Waals surface area contributed by atoms with Crippen LogP contribution in [0.4, 0.5) is 0 Å². The summed E-state index contributed by atoms with van der Waals surface area (Å²) in [5.41, 5.74) is 9.37. The second-order valence-corrected chi connectivity index (χ2v) is 8.62. The number of fused-ring (bicyclic) bond motifs is 6. The highest BCUT2D eigenvalue weighted by Crippen LogP contribution is 2.41. The zero-order valence-electron chi connectivity index (χ0n) is 18.3. The van der Waals surface area contributed by atoms with Crippen molar-refractivity contribution in [2.75, 3.05) is 0 Å². The van der Waals surface area contributed by atoms with Crippen LogP contribution in [-0.2, 0) is 7.05 Å². The van der Waals surface area contributed by atoms with Gasteiger partial charge in [-0.3, -0.25) is 0 Å². The number of furan rings is 1. The van der Waals surface area contributed by atoms with Gasteiger partial charge in [0.25, 0.3) is 0 Å². The molecule has 0 unspecified atom stereocenters. The molecule has 150 valence electrons. The van der Waals surface area contributed by atoms with E-state index in [0.29, 0.717) is 0 Å². The Morgan fingerprint density at radius 3 is 2.23 bits per heavy atom. The number of benzene rings is 4. The molecule has 2 aromatic heterocycles. The van der Waals surface area contributed by atoms with Crippen molar-refractivity contribution in [1.82, 2.24) is 0 Å². The first-order chi connectivity index (χ1) is 15.0. The smallest absolute Gasteiger partial charge is 0.217 e. The highest BCUT2D eigenvalue weighted by atomic mass is 16.3. The summed E-state index contributed by atoms with van der Waals surface area (Å²) in [5, 5.41) is 6.02. The molecule has 0 bridgehead atoms. The van der Waals surface area contributed by atoms with Crippen LogP contribution < -0.4 is 4.57 Å². The van der Waals surface area contributed by atoms with Crippen LogP contribution in [-0.4, -0.2) is 0 Å². The fraction of sp³-hybridized carbons (Fsp3) is 0.138. The number of aromatic nitrogens is 1. The maximum absolute atomic E-state index is 6.68. The van der Waals surface area contributed by atoms with Gasteiger partial charge in [0.05, 0.1) is 5.56 Å². The topological polar surface area (TPSA) is 17.0 Å². The standard InChI is InChI=1S/C29H24NO/c1-17-15-24-23-14-13-20-9-5-6-11-22(20)28(23)31-29(24)27(19(17)3)26-16-18(2)21-10-7-8-12-25(21)30(26)4/h5-16H,1-4H3/q+1. The van der Waals surface area contributed by atoms with Gasteiger partial charge in [-0.2, -0.15) is 4.57 Å². The zero-order chi connectivity index (χ0) is 21.3. The highest BCUT2D eigenvalue weighted by molar-refractivity contribution is 6.17. The van der Waals surface area contributed by atoms with Gasteiger partial charge in [0, 0.05) is 33.7 Å². The van der Waals surface area contributed by atoms with Crippen LogP contribution in [0.5, 0.6) is 0 Å². The van der Waals surface area contributed by atoms with Crippen LogP contribution in [0.1, 0.15) is 16.7 Å². The lowest BCUT2D eigenvalue weighted by molar-refractivity contribution is -0.633. The van der Waals surface area contributed by atoms with E-state index in [1.54, 1.807) is 0 Å². The predicted octanol–water partition coefficient (Wildman–Crippen LogP) is 7.31. The summed E-state index contributed by atoms with van der Waals surface area (Å²) in [6, 6.07) is 26.0. The van der Waals surface area contributed by atoms with Crippen LogP contribution in [0, 0.1) is 20.8 Å². The summed E-state index contributed by atoms with van der Waals surface area (Å²) in [5.74, 6) is 0. The van der Waals surface area contributed by atoms with Crippen LogP contribution in [0.15, 0.2) is 77.2 Å². The minimum atomic E-state index is 0.972. The number of hydrogen-bond acceptors (Lipinski definition) is 1. The number of pyridine rings is 1. The van der Waals surface area contributed by atoms with Gasteiger partial charge in [0.2, 0.25) is 11.2 Å². The van der Waals surface area contributed by atoms with Gasteiger partial charge >= 0.3 is 0 Å². The van der Waals surface area contributed by atoms with E-state index >= 15 is 0 Å². The summed E-state index contributed by atoms with van der Waals surface area (Å²) in [4.78, 5) is 0. The molecule has 0 atom stereocenters. The number of nitrogens with zero attached hydrogens (tertiary/aromatic N) is 1. The number of rotatable bonds is 1. The SMILES string of the molecule is Cc1cc2c(oc3c4ccccc4ccc23)c(-c2cc(C)c3ccccc3[n+]2C)c1C. The van der Waals surface area contributed by atoms with E-state index in [0.717, 1.165) is 16.6 Å². The van der Waals surface area contributed by atoms with Gasteiger partial charge in [-0.15, -0.1) is 0 Å². The molecular weight excluding hydrogens is 378 g/mol. The Hall–Kier alpha value is -3.65. The molecule has 6 rings (SSSR count). The molecule has 6 aromatic rings. The minimum Gasteiger partial charge on any atom is -0.454 e. The fourth-order valence-corrected chi connectivity index (χ4v) is 5.02. The lowest BCUT2D eigenvalue weighted by Crippen LogP contribution is -2.32. The number of hydrogen-bond donors (Lipinski definition) is 0. The van der Waals surface area contributed by atoms with Gasteiger partial charge in [0.15, 0.2) is 0 Å². The van der Waals surface area contributed by atoms with E-state index in [4.69, 9.17) is 4.42 Å². The molecule has 31 heavy (non-hydrogen) atoms. The summed E-state index contributed by atoms with van der Waals surface area (Å²) >= 11 is 0. The van der Waals surface area contributed by atoms with Gasteiger partial charge < -0.3 is 4.42 Å². The normalized spacial score (nSPS) is 11.9. The van der Waals surface area contributed by atoms with Gasteiger partial charge in [-0.05, 0) is 61.0 Å². The van der Waals surface area contributed by atoms with Gasteiger partial charge in [-0.1, -0.05) is 42.5 Å². The van der Waals surface area contributed by atoms with Crippen molar-refractivity contribution in [3.05, 3.63) is 89.5 Å². The minimum absolute atomic E-state index is 0.972. The Labute approximate surface area is 181 Å². The summed E-state index contributed by atoms with van der Waals surface area (Å²) in [6.45, 7) is 6.60. The van der Waals surface area contributed by atoms with Crippen LogP contribution in [0.25, 0.3) is 54.9 Å². The van der Waals surface area contributed by atoms with E-state index in [-0.39, 0.29) is 0 Å². The first-order valence-corrected chi connectivity index (χ1v) is 10.8. The van der Waals surface area contributed by atoms with Crippen molar-refractivity contribution in [2.24, 2.45) is 7.05 Å². The maximum atomic E-state index is 6.68. The molecule has 0 amide bonds. The lowest BCUT2D eigenvalue weighted by Gasteiger charge is -2.11. The fourth-order valence-electron chi connectivity index (χ4n) is 5.02. The van der Waals surface area contributed by atoms with E-state index in [9.17, 15) is 0 Å². The highest BCUT2D eigenvalue weighted by Gasteiger charge is 2.24. The Balaban J connectivity index is 1.80. The largest absolute Gasteiger partial charge is 0.454 e. The molecular formula is C29H24NO+. The molecule has 0 N–H and O–H groups in total. The molecule has 2 heterocycles. The van der Waals surface area contributed by atoms with Crippen molar-refractivity contribution in [1.29, 1.82) is 0 Å². The first kappa shape index (κ1) is 18.1. The molecule has 4 aromatic carbocycles. The summed E-state index contributed by atoms with van der Waals surface area (Å²) < 4.78 is 8.98. The molecule has 0 fully saturated rings. The second kappa shape index (κ2) is 6.42. The third-order valence-corrected chi connectivity index (χ3v) is 6.83. The van der Waals surface area contributed by atoms with Crippen molar-refractivity contribution >= 4 is 43.6 Å². The Morgan fingerprint density at radius 2 is 1.39 bits per heavy atom. The quantitative estimate of drug-likeness (QED) is 0.264. The maximum Gasteiger partial charge on any atom is 0.217 e. The molecule has 0 radical (unpaired) electrons. The Kier molecular flexibility index (Phi) is 3.76. The third kappa shape index (κ3) is 2.48. The van der Waals surface area contributed by atoms with Crippen LogP contribution in [0.3, 0.4) is 0 Å². The lowest BCUT2D eigenvalue weighted by atomic mass is 9.94. The Bertz CT molecular complexity index is 1670. The van der Waals surface area contributed by atoms with E-state index in [2.05, 4.69) is 105 Å². The van der Waals surface area contributed by atoms with E-state index < -0.39 is 0 Å². The third-order valence-electron chi connectivity index (χ3n) is 6.83. The number of para-hydroxylation sites is 1. The number of aryl methyl sites for hydroxylation is 3. The summed E-state index contributed by atoms with van der Waals surface area (Å²) in [6.07, 6.45) is 0. The van der Waals surface area contributed by atoms with Crippen molar-refractivity contribution in [3.8, 4) is 11.3 Å². The average Bonchev–Trinajstić information content (AvgIpc) is 3.16. The zero-order valence-corrected chi connectivity index (χ0v) is 18.3. The molecule has 0 saturated heterocycles. The van der Waals surface area contributed by atoms with E-state index in [1.807, 2.05) is 0 Å². The average molecular weight is 403 g/mol. The van der Waals surface area contributed by atoms with Crippen LogP contribution >= 0.6 is 0 Å². The molecule has 0 aliphatic rings. The van der Waals surface area contributed by atoms with Gasteiger partial charge in [0.1, 0.15) is 18.2 Å². The van der Waals surface area contributed by atoms with Crippen LogP contribution in [0.2, 0.25) is 0 Å². The van der Waals surface area contributed by atoms with Gasteiger partial charge in [-0.25, -0.2) is 0 Å². The van der Waals surface area contributed by atoms with Crippen molar-refractivity contribution < 1.29 is 8.98 Å². The molecule has 2 heteroatoms. The predicted molar refractivity (Wildman–Crippen MR) is 130 cm³/mol. The molecule has 0 aliphatic carbocycles. The Morgan fingerprint density at radius 1 is 0.645 bits per heavy atom. The first-order valence-electron chi connectivity index (χ1n) is 10.8. The monoisotopic (exact) mass is 402 g/mol.